The Morgan fingerprint density at radius 3 is 1.58 bits per heavy atom. The van der Waals surface area contributed by atoms with Gasteiger partial charge in [0.15, 0.2) is 24.0 Å². The van der Waals surface area contributed by atoms with Crippen LogP contribution < -0.4 is 22.5 Å². The maximum Gasteiger partial charge on any atom is 0.477 e. The number of ether oxygens (including phenoxy) is 2. The third kappa shape index (κ3) is 6.77. The molecule has 25 heteroatoms. The first-order valence-corrected chi connectivity index (χ1v) is 14.0. The van der Waals surface area contributed by atoms with Crippen LogP contribution in [0.15, 0.2) is 41.8 Å². The van der Waals surface area contributed by atoms with Crippen molar-refractivity contribution in [3.05, 3.63) is 86.1 Å². The number of aryl methyl sites for hydroxylation is 2. The Bertz CT molecular complexity index is 1730. The van der Waals surface area contributed by atoms with Crippen LogP contribution in [0.4, 0.5) is 0 Å². The number of H-pyrrole nitrogens is 2. The van der Waals surface area contributed by atoms with Crippen LogP contribution in [-0.4, -0.2) is 80.7 Å². The predicted molar refractivity (Wildman–Crippen MR) is 141 cm³/mol. The Morgan fingerprint density at radius 2 is 1.24 bits per heavy atom. The standard InChI is InChI=1S/C20H25N10O14P/c1-7-5-29(17(35)23-13(7)31)9-3-19(37,25-27-21)11(41-9)15(33)43-45(39,40)44-16(34)12-20(38,26-28-22)4-10(42-12)30-6-8(2)14(32)24-18(30)36/h5-6,9-12,15-16,33-34,37-38H,3-4H2,1-2H3,(H,39,40)(H,23,31,35)(H,24,32,36)/t9-,10-,11-,12-,15?,16?,19+,20+/m1/s1. The number of phosphoric ester groups is 1. The van der Waals surface area contributed by atoms with Crippen molar-refractivity contribution in [3.63, 3.8) is 0 Å². The maximum absolute atomic E-state index is 12.8. The molecule has 2 fully saturated rings. The second kappa shape index (κ2) is 12.3. The Kier molecular flexibility index (Phi) is 9.24. The number of rotatable bonds is 10. The number of hydrogen-bond donors (Lipinski definition) is 7. The third-order valence-corrected chi connectivity index (χ3v) is 7.78. The monoisotopic (exact) mass is 660 g/mol. The molecule has 0 amide bonds. The topological polar surface area (TPSA) is 362 Å². The predicted octanol–water partition coefficient (Wildman–Crippen LogP) is -1.95. The largest absolute Gasteiger partial charge is 0.477 e. The Balaban J connectivity index is 1.54. The summed E-state index contributed by atoms with van der Waals surface area (Å²) >= 11 is 0. The molecule has 0 radical (unpaired) electrons. The maximum atomic E-state index is 12.8. The SMILES string of the molecule is Cc1cn([C@H]2C[C@@](O)(N=[N+]=[N-])[C@@H](C(O)OP(=O)(O)OC(O)[C@H]3O[C@@H](n4cc(C)c(=O)[nH]c4=O)C[C@@]3(O)N=[N+]=[N-])O2)c(=O)[nH]c1=O. The van der Waals surface area contributed by atoms with Gasteiger partial charge in [0.25, 0.3) is 11.1 Å². The first kappa shape index (κ1) is 33.7. The van der Waals surface area contributed by atoms with E-state index in [2.05, 4.69) is 29.1 Å². The van der Waals surface area contributed by atoms with E-state index in [4.69, 9.17) is 20.5 Å². The van der Waals surface area contributed by atoms with Gasteiger partial charge in [0.05, 0.1) is 0 Å². The number of aliphatic hydroxyl groups is 4. The van der Waals surface area contributed by atoms with Crippen molar-refractivity contribution in [2.45, 2.75) is 75.4 Å². The van der Waals surface area contributed by atoms with Gasteiger partial charge >= 0.3 is 19.2 Å². The Hall–Kier alpha value is -4.15. The minimum Gasteiger partial charge on any atom is -0.381 e. The van der Waals surface area contributed by atoms with Crippen molar-refractivity contribution in [1.82, 2.24) is 19.1 Å². The van der Waals surface area contributed by atoms with Crippen LogP contribution in [0.25, 0.3) is 20.9 Å². The highest BCUT2D eigenvalue weighted by Gasteiger charge is 2.56. The summed E-state index contributed by atoms with van der Waals surface area (Å²) in [6.07, 6.45) is -12.1. The number of hydrogen-bond acceptors (Lipinski definition) is 15. The lowest BCUT2D eigenvalue weighted by Gasteiger charge is -2.30. The van der Waals surface area contributed by atoms with Crippen LogP contribution in [-0.2, 0) is 23.1 Å². The highest BCUT2D eigenvalue weighted by Crippen LogP contribution is 2.51. The lowest BCUT2D eigenvalue weighted by atomic mass is 10.1. The lowest BCUT2D eigenvalue weighted by Crippen LogP contribution is -2.46. The van der Waals surface area contributed by atoms with Crippen LogP contribution >= 0.6 is 7.82 Å². The second-order valence-corrected chi connectivity index (χ2v) is 11.3. The molecule has 2 saturated heterocycles. The first-order valence-electron chi connectivity index (χ1n) is 12.5. The fourth-order valence-corrected chi connectivity index (χ4v) is 5.49. The zero-order valence-electron chi connectivity index (χ0n) is 23.0. The van der Waals surface area contributed by atoms with E-state index in [1.54, 1.807) is 0 Å². The summed E-state index contributed by atoms with van der Waals surface area (Å²) in [5.41, 5.74) is 8.99. The van der Waals surface area contributed by atoms with Crippen LogP contribution in [0, 0.1) is 13.8 Å². The van der Waals surface area contributed by atoms with Gasteiger partial charge in [0.1, 0.15) is 24.7 Å². The van der Waals surface area contributed by atoms with E-state index in [0.717, 1.165) is 21.5 Å². The molecule has 8 atom stereocenters. The van der Waals surface area contributed by atoms with Crippen LogP contribution in [0.2, 0.25) is 0 Å². The fraction of sp³-hybridized carbons (Fsp3) is 0.600. The molecule has 0 bridgehead atoms. The van der Waals surface area contributed by atoms with E-state index in [0.29, 0.717) is 0 Å². The lowest BCUT2D eigenvalue weighted by molar-refractivity contribution is -0.205. The zero-order chi connectivity index (χ0) is 33.5. The van der Waals surface area contributed by atoms with Crippen LogP contribution in [0.1, 0.15) is 36.4 Å². The molecule has 2 unspecified atom stereocenters. The smallest absolute Gasteiger partial charge is 0.381 e. The molecule has 2 aromatic rings. The number of nitrogens with one attached hydrogen (secondary N) is 2. The Labute approximate surface area is 247 Å². The molecule has 0 aromatic carbocycles. The van der Waals surface area contributed by atoms with E-state index in [9.17, 15) is 49.1 Å². The molecule has 45 heavy (non-hydrogen) atoms. The number of azide groups is 2. The van der Waals surface area contributed by atoms with Crippen LogP contribution in [0.5, 0.6) is 0 Å². The molecule has 4 rings (SSSR count). The summed E-state index contributed by atoms with van der Waals surface area (Å²) in [5, 5.41) is 49.1. The van der Waals surface area contributed by atoms with Gasteiger partial charge in [-0.15, -0.1) is 0 Å². The minimum absolute atomic E-state index is 0.0330. The number of nitrogens with zero attached hydrogens (tertiary/aromatic N) is 8. The molecule has 244 valence electrons. The number of phosphoric acid groups is 1. The van der Waals surface area contributed by atoms with Crippen molar-refractivity contribution >= 4 is 7.82 Å². The van der Waals surface area contributed by atoms with Gasteiger partial charge in [-0.1, -0.05) is 10.2 Å². The molecular formula is C20H25N10O14P. The molecule has 2 aromatic heterocycles. The Morgan fingerprint density at radius 1 is 0.889 bits per heavy atom. The van der Waals surface area contributed by atoms with E-state index in [1.807, 2.05) is 9.97 Å². The summed E-state index contributed by atoms with van der Waals surface area (Å²) in [7, 11) is -5.68. The third-order valence-electron chi connectivity index (χ3n) is 6.82. The van der Waals surface area contributed by atoms with Crippen LogP contribution in [0.3, 0.4) is 0 Å². The summed E-state index contributed by atoms with van der Waals surface area (Å²) in [5.74, 6) is 0. The van der Waals surface area contributed by atoms with E-state index in [-0.39, 0.29) is 11.1 Å². The molecule has 7 N–H and O–H groups in total. The van der Waals surface area contributed by atoms with Gasteiger partial charge in [-0.05, 0) is 24.9 Å². The summed E-state index contributed by atoms with van der Waals surface area (Å²) in [6.45, 7) is 2.67. The quantitative estimate of drug-likeness (QED) is 0.0479. The number of aliphatic hydroxyl groups excluding tert-OH is 2. The molecule has 0 spiro atoms. The van der Waals surface area contributed by atoms with Gasteiger partial charge in [0.2, 0.25) is 0 Å². The van der Waals surface area contributed by atoms with Crippen molar-refractivity contribution in [2.75, 3.05) is 0 Å². The number of aromatic amines is 2. The van der Waals surface area contributed by atoms with Gasteiger partial charge in [-0.2, -0.15) is 0 Å². The molecular weight excluding hydrogens is 635 g/mol. The molecule has 2 aliphatic rings. The van der Waals surface area contributed by atoms with Crippen molar-refractivity contribution in [2.24, 2.45) is 10.2 Å². The molecule has 2 aliphatic heterocycles. The average molecular weight is 660 g/mol. The molecule has 0 saturated carbocycles. The van der Waals surface area contributed by atoms with E-state index < -0.39 is 91.9 Å². The fourth-order valence-electron chi connectivity index (χ4n) is 4.68. The highest BCUT2D eigenvalue weighted by molar-refractivity contribution is 7.47. The zero-order valence-corrected chi connectivity index (χ0v) is 23.9. The van der Waals surface area contributed by atoms with E-state index >= 15 is 0 Å². The summed E-state index contributed by atoms with van der Waals surface area (Å²) < 4.78 is 34.3. The first-order chi connectivity index (χ1) is 20.9. The van der Waals surface area contributed by atoms with Gasteiger partial charge < -0.3 is 34.8 Å². The molecule has 4 heterocycles. The van der Waals surface area contributed by atoms with Crippen molar-refractivity contribution in [3.8, 4) is 0 Å². The summed E-state index contributed by atoms with van der Waals surface area (Å²) in [6, 6.07) is 0. The average Bonchev–Trinajstić information content (AvgIpc) is 3.45. The number of aromatic nitrogens is 4. The van der Waals surface area contributed by atoms with Gasteiger partial charge in [-0.25, -0.2) is 14.2 Å². The minimum atomic E-state index is -5.68. The second-order valence-electron chi connectivity index (χ2n) is 9.98. The summed E-state index contributed by atoms with van der Waals surface area (Å²) in [4.78, 5) is 67.1. The highest BCUT2D eigenvalue weighted by atomic mass is 31.2. The van der Waals surface area contributed by atoms with Crippen molar-refractivity contribution < 1.29 is 48.4 Å². The van der Waals surface area contributed by atoms with Gasteiger partial charge in [-0.3, -0.25) is 37.7 Å². The molecule has 24 nitrogen and oxygen atoms in total. The van der Waals surface area contributed by atoms with E-state index in [1.165, 1.54) is 13.8 Å². The normalized spacial score (nSPS) is 30.6. The molecule has 0 aliphatic carbocycles. The van der Waals surface area contributed by atoms with Gasteiger partial charge in [0, 0.05) is 46.2 Å². The van der Waals surface area contributed by atoms with Crippen molar-refractivity contribution in [1.29, 1.82) is 0 Å².